The second kappa shape index (κ2) is 9.75. The molecule has 0 saturated carbocycles. The van der Waals surface area contributed by atoms with Gasteiger partial charge >= 0.3 is 0 Å². The van der Waals surface area contributed by atoms with Gasteiger partial charge in [0, 0.05) is 37.3 Å². The summed E-state index contributed by atoms with van der Waals surface area (Å²) >= 11 is 2.65. The highest BCUT2D eigenvalue weighted by Crippen LogP contribution is 2.37. The van der Waals surface area contributed by atoms with Gasteiger partial charge in [0.05, 0.1) is 30.0 Å². The molecule has 176 valence electrons. The molecule has 3 aromatic rings. The summed E-state index contributed by atoms with van der Waals surface area (Å²) in [5.41, 5.74) is 7.17. The van der Waals surface area contributed by atoms with E-state index in [1.54, 1.807) is 30.7 Å². The number of fused-ring (bicyclic) bond motifs is 1. The molecule has 0 bridgehead atoms. The second-order valence-electron chi connectivity index (χ2n) is 7.39. The van der Waals surface area contributed by atoms with Crippen molar-refractivity contribution >= 4 is 60.7 Å². The summed E-state index contributed by atoms with van der Waals surface area (Å²) in [6.07, 6.45) is 0.252. The Labute approximate surface area is 200 Å². The van der Waals surface area contributed by atoms with Gasteiger partial charge in [0.2, 0.25) is 5.91 Å². The minimum atomic E-state index is -3.75. The number of primary amides is 1. The van der Waals surface area contributed by atoms with Crippen molar-refractivity contribution in [1.82, 2.24) is 4.98 Å². The van der Waals surface area contributed by atoms with Crippen molar-refractivity contribution in [2.75, 3.05) is 38.2 Å². The maximum Gasteiger partial charge on any atom is 0.273 e. The lowest BCUT2D eigenvalue weighted by Gasteiger charge is -2.20. The SMILES string of the molecule is COCCOc1cc(N(C)S(=O)(=O)c2cccs2)c2[nH]c(C3=NCC(CC(N)=O)S3)cc2c1. The molecule has 0 aliphatic carbocycles. The Hall–Kier alpha value is -2.54. The number of anilines is 1. The van der Waals surface area contributed by atoms with Gasteiger partial charge in [-0.25, -0.2) is 8.42 Å². The third-order valence-corrected chi connectivity index (χ3v) is 9.43. The first-order valence-electron chi connectivity index (χ1n) is 10.1. The van der Waals surface area contributed by atoms with E-state index in [0.717, 1.165) is 27.5 Å². The summed E-state index contributed by atoms with van der Waals surface area (Å²) in [4.78, 5) is 19.1. The molecular formula is C21H24N4O5S3. The molecule has 33 heavy (non-hydrogen) atoms. The van der Waals surface area contributed by atoms with Gasteiger partial charge in [0.15, 0.2) is 0 Å². The van der Waals surface area contributed by atoms with Crippen LogP contribution >= 0.6 is 23.1 Å². The van der Waals surface area contributed by atoms with Gasteiger partial charge in [-0.2, -0.15) is 0 Å². The zero-order valence-corrected chi connectivity index (χ0v) is 20.6. The quantitative estimate of drug-likeness (QED) is 0.406. The Morgan fingerprint density at radius 3 is 2.85 bits per heavy atom. The van der Waals surface area contributed by atoms with Gasteiger partial charge in [0.25, 0.3) is 10.0 Å². The molecule has 9 nitrogen and oxygen atoms in total. The molecule has 12 heteroatoms. The summed E-state index contributed by atoms with van der Waals surface area (Å²) in [6, 6.07) is 8.74. The van der Waals surface area contributed by atoms with Crippen LogP contribution in [0.5, 0.6) is 5.75 Å². The topological polar surface area (TPSA) is 127 Å². The first-order chi connectivity index (χ1) is 15.8. The fourth-order valence-electron chi connectivity index (χ4n) is 3.46. The highest BCUT2D eigenvalue weighted by Gasteiger charge is 2.27. The maximum atomic E-state index is 13.2. The standard InChI is InChI=1S/C21H24N4O5S3/c1-25(33(27,28)19-4-3-7-31-19)17-10-14(30-6-5-29-2)8-13-9-16(24-20(13)17)21-23-12-15(32-21)11-18(22)26/h3-4,7-10,15,24H,5-6,11-12H2,1-2H3,(H2,22,26). The van der Waals surface area contributed by atoms with Crippen molar-refractivity contribution in [2.45, 2.75) is 15.9 Å². The van der Waals surface area contributed by atoms with Crippen molar-refractivity contribution in [3.05, 3.63) is 41.4 Å². The average molecular weight is 509 g/mol. The number of nitrogens with one attached hydrogen (secondary N) is 1. The van der Waals surface area contributed by atoms with E-state index in [9.17, 15) is 13.2 Å². The van der Waals surface area contributed by atoms with Crippen LogP contribution in [0.25, 0.3) is 10.9 Å². The van der Waals surface area contributed by atoms with Crippen molar-refractivity contribution in [2.24, 2.45) is 10.7 Å². The van der Waals surface area contributed by atoms with Gasteiger partial charge in [-0.15, -0.1) is 11.3 Å². The molecule has 1 aromatic carbocycles. The number of amides is 1. The molecular weight excluding hydrogens is 484 g/mol. The normalized spacial score (nSPS) is 16.2. The Morgan fingerprint density at radius 2 is 2.15 bits per heavy atom. The first-order valence-corrected chi connectivity index (χ1v) is 13.3. The van der Waals surface area contributed by atoms with E-state index in [1.807, 2.05) is 12.1 Å². The van der Waals surface area contributed by atoms with E-state index < -0.39 is 10.0 Å². The lowest BCUT2D eigenvalue weighted by atomic mass is 10.2. The molecule has 1 aliphatic rings. The number of benzene rings is 1. The molecule has 3 heterocycles. The third kappa shape index (κ3) is 5.03. The summed E-state index contributed by atoms with van der Waals surface area (Å²) in [5, 5.41) is 3.27. The van der Waals surface area contributed by atoms with Crippen LogP contribution in [0.15, 0.2) is 44.9 Å². The van der Waals surface area contributed by atoms with E-state index in [-0.39, 0.29) is 21.8 Å². The molecule has 0 fully saturated rings. The maximum absolute atomic E-state index is 13.2. The van der Waals surface area contributed by atoms with Crippen LogP contribution in [0.2, 0.25) is 0 Å². The van der Waals surface area contributed by atoms with Crippen molar-refractivity contribution in [1.29, 1.82) is 0 Å². The zero-order valence-electron chi connectivity index (χ0n) is 18.1. The van der Waals surface area contributed by atoms with Crippen LogP contribution in [-0.2, 0) is 19.6 Å². The number of aromatic nitrogens is 1. The largest absolute Gasteiger partial charge is 0.491 e. The smallest absolute Gasteiger partial charge is 0.273 e. The van der Waals surface area contributed by atoms with Crippen molar-refractivity contribution in [3.8, 4) is 5.75 Å². The van der Waals surface area contributed by atoms with Crippen molar-refractivity contribution < 1.29 is 22.7 Å². The molecule has 2 aromatic heterocycles. The second-order valence-corrected chi connectivity index (χ2v) is 11.8. The number of hydrogen-bond acceptors (Lipinski definition) is 8. The molecule has 1 aliphatic heterocycles. The first kappa shape index (κ1) is 23.6. The van der Waals surface area contributed by atoms with Gasteiger partial charge in [0.1, 0.15) is 21.6 Å². The fourth-order valence-corrected chi connectivity index (χ4v) is 6.92. The van der Waals surface area contributed by atoms with Crippen LogP contribution in [0, 0.1) is 0 Å². The van der Waals surface area contributed by atoms with E-state index in [1.165, 1.54) is 23.1 Å². The van der Waals surface area contributed by atoms with Crippen LogP contribution < -0.4 is 14.8 Å². The molecule has 4 rings (SSSR count). The number of H-pyrrole nitrogens is 1. The summed E-state index contributed by atoms with van der Waals surface area (Å²) in [5.74, 6) is 0.169. The molecule has 0 saturated heterocycles. The zero-order chi connectivity index (χ0) is 23.6. The number of methoxy groups -OCH3 is 1. The number of aliphatic imine (C=N–C) groups is 1. The van der Waals surface area contributed by atoms with Crippen molar-refractivity contribution in [3.63, 3.8) is 0 Å². The van der Waals surface area contributed by atoms with Crippen LogP contribution in [0.4, 0.5) is 5.69 Å². The Morgan fingerprint density at radius 1 is 1.33 bits per heavy atom. The van der Waals surface area contributed by atoms with Gasteiger partial charge in [-0.3, -0.25) is 14.1 Å². The predicted octanol–water partition coefficient (Wildman–Crippen LogP) is 2.82. The number of ether oxygens (including phenoxy) is 2. The third-order valence-electron chi connectivity index (χ3n) is 5.06. The van der Waals surface area contributed by atoms with E-state index >= 15 is 0 Å². The van der Waals surface area contributed by atoms with Gasteiger partial charge in [-0.1, -0.05) is 17.8 Å². The number of thioether (sulfide) groups is 1. The van der Waals surface area contributed by atoms with Crippen LogP contribution in [0.3, 0.4) is 0 Å². The summed E-state index contributed by atoms with van der Waals surface area (Å²) < 4.78 is 38.8. The Kier molecular flexibility index (Phi) is 6.98. The average Bonchev–Trinajstić information content (AvgIpc) is 3.52. The predicted molar refractivity (Wildman–Crippen MR) is 132 cm³/mol. The van der Waals surface area contributed by atoms with E-state index in [2.05, 4.69) is 9.98 Å². The minimum absolute atomic E-state index is 0.00167. The number of hydrogen-bond donors (Lipinski definition) is 2. The minimum Gasteiger partial charge on any atom is -0.491 e. The molecule has 0 radical (unpaired) electrons. The van der Waals surface area contributed by atoms with Crippen LogP contribution in [0.1, 0.15) is 12.1 Å². The molecule has 1 atom stereocenters. The molecule has 1 amide bonds. The number of carbonyl (C=O) groups excluding carboxylic acids is 1. The molecule has 0 spiro atoms. The number of sulfonamides is 1. The number of rotatable bonds is 10. The number of nitrogens with zero attached hydrogens (tertiary/aromatic N) is 2. The Balaban J connectivity index is 1.73. The van der Waals surface area contributed by atoms with Crippen LogP contribution in [-0.4, -0.2) is 63.5 Å². The Bertz CT molecular complexity index is 1280. The van der Waals surface area contributed by atoms with E-state index in [4.69, 9.17) is 15.2 Å². The van der Waals surface area contributed by atoms with Gasteiger partial charge in [-0.05, 0) is 23.6 Å². The highest BCUT2D eigenvalue weighted by atomic mass is 32.2. The monoisotopic (exact) mass is 508 g/mol. The number of aromatic amines is 1. The summed E-state index contributed by atoms with van der Waals surface area (Å²) in [6.45, 7) is 1.24. The summed E-state index contributed by atoms with van der Waals surface area (Å²) in [7, 11) is -0.641. The lowest BCUT2D eigenvalue weighted by molar-refractivity contribution is -0.117. The van der Waals surface area contributed by atoms with Gasteiger partial charge < -0.3 is 20.2 Å². The van der Waals surface area contributed by atoms with E-state index in [0.29, 0.717) is 36.7 Å². The number of thiophene rings is 1. The lowest BCUT2D eigenvalue weighted by Crippen LogP contribution is -2.26. The highest BCUT2D eigenvalue weighted by molar-refractivity contribution is 8.15. The fraction of sp³-hybridized carbons (Fsp3) is 0.333. The number of carbonyl (C=O) groups is 1. The number of nitrogens with two attached hydrogens (primary N) is 1. The molecule has 3 N–H and O–H groups in total. The molecule has 1 unspecified atom stereocenters.